The van der Waals surface area contributed by atoms with E-state index in [0.717, 1.165) is 6.07 Å². The Morgan fingerprint density at radius 2 is 1.53 bits per heavy atom. The second-order valence-corrected chi connectivity index (χ2v) is 4.18. The SMILES string of the molecule is O=C([O-])c1ccc(S(=O)(=O)O)cc1C(=O)[O-].[Mg+2]. The summed E-state index contributed by atoms with van der Waals surface area (Å²) in [6.45, 7) is 0. The number of rotatable bonds is 3. The van der Waals surface area contributed by atoms with E-state index >= 15 is 0 Å². The number of carbonyl (C=O) groups is 2. The van der Waals surface area contributed by atoms with Crippen molar-refractivity contribution in [3.8, 4) is 0 Å². The fourth-order valence-corrected chi connectivity index (χ4v) is 1.54. The molecule has 9 heteroatoms. The standard InChI is InChI=1S/C8H6O7S.Mg/c9-7(10)5-2-1-4(16(13,14)15)3-6(5)8(11)12;/h1-3H,(H,9,10)(H,11,12)(H,13,14,15);/q;+2/p-2. The summed E-state index contributed by atoms with van der Waals surface area (Å²) in [5.41, 5.74) is -1.61. The first-order valence-corrected chi connectivity index (χ1v) is 5.21. The van der Waals surface area contributed by atoms with Crippen molar-refractivity contribution >= 4 is 45.1 Å². The van der Waals surface area contributed by atoms with Crippen LogP contribution >= 0.6 is 0 Å². The molecular weight excluding hydrogens is 264 g/mol. The van der Waals surface area contributed by atoms with Crippen LogP contribution in [0.25, 0.3) is 0 Å². The van der Waals surface area contributed by atoms with Crippen molar-refractivity contribution in [3.63, 3.8) is 0 Å². The van der Waals surface area contributed by atoms with Crippen molar-refractivity contribution in [2.75, 3.05) is 0 Å². The minimum atomic E-state index is -4.61. The van der Waals surface area contributed by atoms with Gasteiger partial charge in [-0.2, -0.15) is 8.42 Å². The quantitative estimate of drug-likeness (QED) is 0.465. The van der Waals surface area contributed by atoms with Crippen LogP contribution in [0.2, 0.25) is 0 Å². The molecule has 0 aromatic heterocycles. The summed E-state index contributed by atoms with van der Waals surface area (Å²) in [5.74, 6) is -3.68. The van der Waals surface area contributed by atoms with Gasteiger partial charge in [-0.05, 0) is 12.1 Å². The van der Waals surface area contributed by atoms with Crippen LogP contribution < -0.4 is 10.2 Å². The van der Waals surface area contributed by atoms with Crippen LogP contribution in [0.15, 0.2) is 23.1 Å². The zero-order valence-electron chi connectivity index (χ0n) is 8.24. The number of carboxylic acids is 2. The zero-order valence-corrected chi connectivity index (χ0v) is 10.5. The van der Waals surface area contributed by atoms with Crippen LogP contribution in [-0.2, 0) is 10.1 Å². The van der Waals surface area contributed by atoms with Crippen LogP contribution in [0, 0.1) is 0 Å². The molecule has 0 saturated heterocycles. The zero-order chi connectivity index (χ0) is 12.5. The minimum Gasteiger partial charge on any atom is -0.545 e. The Morgan fingerprint density at radius 3 is 1.88 bits per heavy atom. The van der Waals surface area contributed by atoms with E-state index in [-0.39, 0.29) is 23.1 Å². The van der Waals surface area contributed by atoms with Gasteiger partial charge in [-0.1, -0.05) is 6.07 Å². The Balaban J connectivity index is 0.00000256. The van der Waals surface area contributed by atoms with Crippen molar-refractivity contribution in [2.45, 2.75) is 4.90 Å². The molecule has 0 heterocycles. The second kappa shape index (κ2) is 5.45. The Kier molecular flexibility index (Phi) is 5.07. The van der Waals surface area contributed by atoms with Crippen molar-refractivity contribution in [1.82, 2.24) is 0 Å². The van der Waals surface area contributed by atoms with Gasteiger partial charge in [0.15, 0.2) is 0 Å². The van der Waals surface area contributed by atoms with E-state index in [9.17, 15) is 28.2 Å². The predicted octanol–water partition coefficient (Wildman–Crippen LogP) is -2.72. The third-order valence-electron chi connectivity index (χ3n) is 1.73. The van der Waals surface area contributed by atoms with Crippen molar-refractivity contribution in [1.29, 1.82) is 0 Å². The van der Waals surface area contributed by atoms with Gasteiger partial charge in [0.2, 0.25) is 0 Å². The Bertz CT molecular complexity index is 563. The second-order valence-electron chi connectivity index (χ2n) is 2.76. The monoisotopic (exact) mass is 268 g/mol. The first-order chi connectivity index (χ1) is 7.23. The Hall–Kier alpha value is -1.16. The van der Waals surface area contributed by atoms with Gasteiger partial charge in [0, 0.05) is 11.1 Å². The molecule has 0 saturated carbocycles. The first kappa shape index (κ1) is 15.8. The number of hydrogen-bond donors (Lipinski definition) is 1. The summed E-state index contributed by atoms with van der Waals surface area (Å²) >= 11 is 0. The molecule has 86 valence electrons. The molecule has 1 aromatic rings. The maximum Gasteiger partial charge on any atom is 2.00 e. The van der Waals surface area contributed by atoms with Crippen molar-refractivity contribution < 1.29 is 32.8 Å². The normalized spacial score (nSPS) is 10.4. The molecule has 1 rings (SSSR count). The van der Waals surface area contributed by atoms with Crippen LogP contribution in [0.4, 0.5) is 0 Å². The molecule has 0 fully saturated rings. The van der Waals surface area contributed by atoms with Gasteiger partial charge in [0.25, 0.3) is 10.1 Å². The van der Waals surface area contributed by atoms with Crippen molar-refractivity contribution in [2.24, 2.45) is 0 Å². The number of carboxylic acid groups (broad SMARTS) is 2. The first-order valence-electron chi connectivity index (χ1n) is 3.77. The molecular formula is C8H4MgO7S. The Morgan fingerprint density at radius 1 is 1.06 bits per heavy atom. The molecule has 0 amide bonds. The maximum absolute atomic E-state index is 10.7. The van der Waals surface area contributed by atoms with E-state index in [1.807, 2.05) is 0 Å². The average molecular weight is 268 g/mol. The largest absolute Gasteiger partial charge is 2.00 e. The summed E-state index contributed by atoms with van der Waals surface area (Å²) in [4.78, 5) is 20.3. The van der Waals surface area contributed by atoms with Crippen LogP contribution in [0.1, 0.15) is 20.7 Å². The maximum atomic E-state index is 10.7. The third kappa shape index (κ3) is 3.66. The van der Waals surface area contributed by atoms with E-state index in [2.05, 4.69) is 0 Å². The number of aromatic carboxylic acids is 2. The van der Waals surface area contributed by atoms with Crippen LogP contribution in [0.5, 0.6) is 0 Å². The molecule has 0 atom stereocenters. The summed E-state index contributed by atoms with van der Waals surface area (Å²) < 4.78 is 30.0. The average Bonchev–Trinajstić information content (AvgIpc) is 2.15. The molecule has 0 aliphatic heterocycles. The molecule has 0 bridgehead atoms. The number of hydrogen-bond acceptors (Lipinski definition) is 6. The molecule has 7 nitrogen and oxygen atoms in total. The molecule has 1 aromatic carbocycles. The summed E-state index contributed by atoms with van der Waals surface area (Å²) in [7, 11) is -4.61. The molecule has 0 aliphatic carbocycles. The summed E-state index contributed by atoms with van der Waals surface area (Å²) in [6, 6.07) is 1.92. The fourth-order valence-electron chi connectivity index (χ4n) is 1.03. The van der Waals surface area contributed by atoms with Gasteiger partial charge in [0.05, 0.1) is 16.8 Å². The van der Waals surface area contributed by atoms with Crippen LogP contribution in [0.3, 0.4) is 0 Å². The Labute approximate surface area is 112 Å². The van der Waals surface area contributed by atoms with E-state index < -0.39 is 38.1 Å². The van der Waals surface area contributed by atoms with E-state index in [1.165, 1.54) is 0 Å². The van der Waals surface area contributed by atoms with E-state index in [0.29, 0.717) is 12.1 Å². The van der Waals surface area contributed by atoms with Gasteiger partial charge >= 0.3 is 23.1 Å². The molecule has 1 N–H and O–H groups in total. The fraction of sp³-hybridized carbons (Fsp3) is 0. The minimum absolute atomic E-state index is 0. The van der Waals surface area contributed by atoms with Crippen molar-refractivity contribution in [3.05, 3.63) is 29.3 Å². The van der Waals surface area contributed by atoms with Crippen LogP contribution in [-0.4, -0.2) is 48.0 Å². The predicted molar refractivity (Wildman–Crippen MR) is 50.7 cm³/mol. The van der Waals surface area contributed by atoms with Gasteiger partial charge in [-0.3, -0.25) is 4.55 Å². The van der Waals surface area contributed by atoms with Gasteiger partial charge in [-0.15, -0.1) is 0 Å². The molecule has 0 aliphatic rings. The smallest absolute Gasteiger partial charge is 0.545 e. The van der Waals surface area contributed by atoms with E-state index in [1.54, 1.807) is 0 Å². The third-order valence-corrected chi connectivity index (χ3v) is 2.58. The molecule has 0 radical (unpaired) electrons. The summed E-state index contributed by atoms with van der Waals surface area (Å²) in [6.07, 6.45) is 0. The van der Waals surface area contributed by atoms with Gasteiger partial charge in [0.1, 0.15) is 0 Å². The van der Waals surface area contributed by atoms with E-state index in [4.69, 9.17) is 4.55 Å². The van der Waals surface area contributed by atoms with Gasteiger partial charge < -0.3 is 19.8 Å². The number of carbonyl (C=O) groups excluding carboxylic acids is 2. The molecule has 0 spiro atoms. The topological polar surface area (TPSA) is 135 Å². The van der Waals surface area contributed by atoms with Gasteiger partial charge in [-0.25, -0.2) is 0 Å². The number of benzene rings is 1. The molecule has 17 heavy (non-hydrogen) atoms. The summed E-state index contributed by atoms with van der Waals surface area (Å²) in [5, 5.41) is 21.0. The molecule has 0 unspecified atom stereocenters.